The molecule has 4 heterocycles. The maximum atomic E-state index is 6.85. The number of nitrogens with one attached hydrogen (secondary N) is 1. The number of hydrogen-bond donors (Lipinski definition) is 2. The molecule has 152 valence electrons. The predicted molar refractivity (Wildman–Crippen MR) is 120 cm³/mol. The van der Waals surface area contributed by atoms with Crippen molar-refractivity contribution in [2.24, 2.45) is 7.05 Å². The van der Waals surface area contributed by atoms with E-state index in [-0.39, 0.29) is 10.8 Å². The molecule has 4 rings (SSSR count). The number of H-pyrrole nitrogens is 1. The second kappa shape index (κ2) is 6.49. The van der Waals surface area contributed by atoms with Gasteiger partial charge >= 0.3 is 0 Å². The van der Waals surface area contributed by atoms with Gasteiger partial charge in [0, 0.05) is 29.9 Å². The Morgan fingerprint density at radius 3 is 2.55 bits per heavy atom. The van der Waals surface area contributed by atoms with E-state index < -0.39 is 0 Å². The average Bonchev–Trinajstić information content (AvgIpc) is 3.19. The van der Waals surface area contributed by atoms with Crippen LogP contribution in [0.4, 0.5) is 5.82 Å². The Morgan fingerprint density at radius 1 is 1.14 bits per heavy atom. The fourth-order valence-electron chi connectivity index (χ4n) is 4.07. The minimum atomic E-state index is -0.157. The SMILES string of the molecule is Cn1c(C(C)(C)C[n+]2ccc3[nH]c(C(C)(C)C)cc3c2Cl)cc2nc(N)ccc21. The summed E-state index contributed by atoms with van der Waals surface area (Å²) in [5.41, 5.74) is 11.2. The van der Waals surface area contributed by atoms with Crippen molar-refractivity contribution in [2.45, 2.75) is 52.0 Å². The van der Waals surface area contributed by atoms with Crippen molar-refractivity contribution < 1.29 is 4.57 Å². The van der Waals surface area contributed by atoms with Crippen LogP contribution in [0.5, 0.6) is 0 Å². The van der Waals surface area contributed by atoms with Crippen LogP contribution >= 0.6 is 11.6 Å². The summed E-state index contributed by atoms with van der Waals surface area (Å²) in [7, 11) is 2.08. The molecule has 0 saturated heterocycles. The van der Waals surface area contributed by atoms with Gasteiger partial charge in [-0.2, -0.15) is 4.57 Å². The summed E-state index contributed by atoms with van der Waals surface area (Å²) in [5, 5.41) is 1.81. The van der Waals surface area contributed by atoms with E-state index >= 15 is 0 Å². The first-order chi connectivity index (χ1) is 13.5. The lowest BCUT2D eigenvalue weighted by Crippen LogP contribution is -2.44. The molecule has 0 aromatic carbocycles. The standard InChI is InChI=1S/C23H28ClN5/c1-22(2,3)18-11-14-15(26-18)9-10-29(21(14)24)13-23(4,5)19-12-16-17(28(19)6)7-8-20(25)27-16/h7-12H,13H2,1-6H3,(H2,25,27)/p+1. The van der Waals surface area contributed by atoms with E-state index in [1.54, 1.807) is 0 Å². The van der Waals surface area contributed by atoms with Crippen LogP contribution < -0.4 is 10.3 Å². The Bertz CT molecular complexity index is 1220. The Balaban J connectivity index is 1.75. The molecule has 4 aromatic rings. The van der Waals surface area contributed by atoms with Gasteiger partial charge < -0.3 is 15.3 Å². The number of anilines is 1. The van der Waals surface area contributed by atoms with E-state index in [1.165, 1.54) is 11.4 Å². The molecule has 0 radical (unpaired) electrons. The highest BCUT2D eigenvalue weighted by Gasteiger charge is 2.32. The van der Waals surface area contributed by atoms with Gasteiger partial charge in [-0.25, -0.2) is 4.98 Å². The van der Waals surface area contributed by atoms with Gasteiger partial charge in [0.25, 0.3) is 5.15 Å². The number of hydrogen-bond acceptors (Lipinski definition) is 2. The number of nitrogen functional groups attached to an aromatic ring is 1. The number of pyridine rings is 2. The van der Waals surface area contributed by atoms with Crippen LogP contribution in [0.2, 0.25) is 5.15 Å². The maximum Gasteiger partial charge on any atom is 0.284 e. The molecule has 5 nitrogen and oxygen atoms in total. The molecule has 6 heteroatoms. The highest BCUT2D eigenvalue weighted by molar-refractivity contribution is 6.33. The third-order valence-corrected chi connectivity index (χ3v) is 6.15. The molecule has 0 aliphatic carbocycles. The van der Waals surface area contributed by atoms with Crippen molar-refractivity contribution >= 4 is 39.4 Å². The van der Waals surface area contributed by atoms with Gasteiger partial charge in [0.05, 0.1) is 27.4 Å². The van der Waals surface area contributed by atoms with Crippen LogP contribution in [0.1, 0.15) is 46.0 Å². The minimum Gasteiger partial charge on any atom is -0.384 e. The first-order valence-electron chi connectivity index (χ1n) is 9.91. The number of aromatic amines is 1. The van der Waals surface area contributed by atoms with E-state index in [2.05, 4.69) is 85.2 Å². The summed E-state index contributed by atoms with van der Waals surface area (Å²) in [6.07, 6.45) is 2.06. The van der Waals surface area contributed by atoms with E-state index in [4.69, 9.17) is 17.3 Å². The van der Waals surface area contributed by atoms with E-state index in [0.29, 0.717) is 5.82 Å². The van der Waals surface area contributed by atoms with Gasteiger partial charge in [-0.3, -0.25) is 0 Å². The fraction of sp³-hybridized carbons (Fsp3) is 0.391. The van der Waals surface area contributed by atoms with Crippen molar-refractivity contribution in [3.63, 3.8) is 0 Å². The number of nitrogens with two attached hydrogens (primary N) is 1. The van der Waals surface area contributed by atoms with Crippen molar-refractivity contribution in [2.75, 3.05) is 5.73 Å². The van der Waals surface area contributed by atoms with E-state index in [0.717, 1.165) is 33.6 Å². The number of aryl methyl sites for hydroxylation is 1. The van der Waals surface area contributed by atoms with Gasteiger partial charge in [-0.1, -0.05) is 20.8 Å². The van der Waals surface area contributed by atoms with Crippen molar-refractivity contribution in [3.05, 3.63) is 53.1 Å². The smallest absolute Gasteiger partial charge is 0.284 e. The lowest BCUT2D eigenvalue weighted by atomic mass is 9.89. The zero-order valence-corrected chi connectivity index (χ0v) is 18.7. The maximum absolute atomic E-state index is 6.85. The summed E-state index contributed by atoms with van der Waals surface area (Å²) >= 11 is 6.85. The van der Waals surface area contributed by atoms with Crippen LogP contribution in [0, 0.1) is 0 Å². The number of rotatable bonds is 3. The lowest BCUT2D eigenvalue weighted by molar-refractivity contribution is -0.701. The highest BCUT2D eigenvalue weighted by Crippen LogP contribution is 2.31. The van der Waals surface area contributed by atoms with Gasteiger partial charge in [0.15, 0.2) is 12.7 Å². The Morgan fingerprint density at radius 2 is 1.86 bits per heavy atom. The van der Waals surface area contributed by atoms with Crippen LogP contribution in [0.15, 0.2) is 36.5 Å². The van der Waals surface area contributed by atoms with Gasteiger partial charge in [0.2, 0.25) is 0 Å². The molecule has 0 bridgehead atoms. The minimum absolute atomic E-state index is 0.0461. The predicted octanol–water partition coefficient (Wildman–Crippen LogP) is 4.85. The number of fused-ring (bicyclic) bond motifs is 2. The molecule has 3 N–H and O–H groups in total. The zero-order chi connectivity index (χ0) is 21.1. The molecular weight excluding hydrogens is 382 g/mol. The molecule has 0 atom stereocenters. The number of aromatic nitrogens is 4. The second-order valence-corrected chi connectivity index (χ2v) is 9.97. The van der Waals surface area contributed by atoms with Gasteiger partial charge in [-0.05, 0) is 49.7 Å². The number of halogens is 1. The van der Waals surface area contributed by atoms with E-state index in [9.17, 15) is 0 Å². The zero-order valence-electron chi connectivity index (χ0n) is 18.0. The topological polar surface area (TPSA) is 63.5 Å². The van der Waals surface area contributed by atoms with Gasteiger partial charge in [-0.15, -0.1) is 0 Å². The quantitative estimate of drug-likeness (QED) is 0.374. The third kappa shape index (κ3) is 3.38. The van der Waals surface area contributed by atoms with Gasteiger partial charge in [0.1, 0.15) is 5.82 Å². The molecule has 0 spiro atoms. The summed E-state index contributed by atoms with van der Waals surface area (Å²) in [5.74, 6) is 0.539. The fourth-order valence-corrected chi connectivity index (χ4v) is 4.34. The van der Waals surface area contributed by atoms with Crippen molar-refractivity contribution in [1.29, 1.82) is 0 Å². The molecule has 0 aliphatic rings. The third-order valence-electron chi connectivity index (χ3n) is 5.73. The largest absolute Gasteiger partial charge is 0.384 e. The van der Waals surface area contributed by atoms with Crippen LogP contribution in [-0.4, -0.2) is 14.5 Å². The Kier molecular flexibility index (Phi) is 4.43. The number of nitrogens with zero attached hydrogens (tertiary/aromatic N) is 3. The highest BCUT2D eigenvalue weighted by atomic mass is 35.5. The normalized spacial score (nSPS) is 12.9. The second-order valence-electron chi connectivity index (χ2n) is 9.61. The molecule has 4 aromatic heterocycles. The Hall–Kier alpha value is -2.53. The molecule has 0 amide bonds. The Labute approximate surface area is 176 Å². The molecule has 0 unspecified atom stereocenters. The molecule has 29 heavy (non-hydrogen) atoms. The molecule has 0 saturated carbocycles. The molecule has 0 aliphatic heterocycles. The molecule has 0 fully saturated rings. The first-order valence-corrected chi connectivity index (χ1v) is 10.3. The summed E-state index contributed by atoms with van der Waals surface area (Å²) in [4.78, 5) is 7.99. The van der Waals surface area contributed by atoms with Crippen molar-refractivity contribution in [1.82, 2.24) is 14.5 Å². The average molecular weight is 411 g/mol. The monoisotopic (exact) mass is 410 g/mol. The van der Waals surface area contributed by atoms with Crippen LogP contribution in [0.25, 0.3) is 21.9 Å². The van der Waals surface area contributed by atoms with Crippen molar-refractivity contribution in [3.8, 4) is 0 Å². The van der Waals surface area contributed by atoms with Crippen LogP contribution in [0.3, 0.4) is 0 Å². The van der Waals surface area contributed by atoms with E-state index in [1.807, 2.05) is 12.1 Å². The first kappa shape index (κ1) is 19.8. The summed E-state index contributed by atoms with van der Waals surface area (Å²) in [6, 6.07) is 10.3. The van der Waals surface area contributed by atoms with Crippen LogP contribution in [-0.2, 0) is 24.4 Å². The summed E-state index contributed by atoms with van der Waals surface area (Å²) in [6.45, 7) is 11.8. The molecular formula is C23H29ClN5+. The summed E-state index contributed by atoms with van der Waals surface area (Å²) < 4.78 is 4.33. The lowest BCUT2D eigenvalue weighted by Gasteiger charge is -2.22.